The van der Waals surface area contributed by atoms with Crippen molar-refractivity contribution in [1.29, 1.82) is 0 Å². The van der Waals surface area contributed by atoms with Gasteiger partial charge in [0.05, 0.1) is 5.92 Å². The predicted molar refractivity (Wildman–Crippen MR) is 108 cm³/mol. The van der Waals surface area contributed by atoms with Gasteiger partial charge in [0.2, 0.25) is 18.9 Å². The number of hydrogen-bond acceptors (Lipinski definition) is 4. The van der Waals surface area contributed by atoms with Crippen molar-refractivity contribution >= 4 is 18.2 Å². The van der Waals surface area contributed by atoms with Crippen LogP contribution in [0.2, 0.25) is 0 Å². The lowest BCUT2D eigenvalue weighted by molar-refractivity contribution is -0.797. The summed E-state index contributed by atoms with van der Waals surface area (Å²) in [5.74, 6) is 2.90. The number of quaternary nitrogens is 1. The van der Waals surface area contributed by atoms with Gasteiger partial charge < -0.3 is 15.2 Å². The molecule has 0 aliphatic carbocycles. The zero-order valence-electron chi connectivity index (χ0n) is 15.5. The number of aromatic nitrogens is 1. The Balaban J connectivity index is 1.40. The molecule has 0 amide bonds. The smallest absolute Gasteiger partial charge is 0.231 e. The summed E-state index contributed by atoms with van der Waals surface area (Å²) in [6.07, 6.45) is 9.07. The van der Waals surface area contributed by atoms with Gasteiger partial charge in [-0.3, -0.25) is 0 Å². The summed E-state index contributed by atoms with van der Waals surface area (Å²) in [5.41, 5.74) is 8.57. The molecule has 142 valence electrons. The fraction of sp³-hybridized carbons (Fsp3) is 0.429. The molecule has 0 saturated carbocycles. The molecule has 0 spiro atoms. The summed E-state index contributed by atoms with van der Waals surface area (Å²) >= 11 is 1.93. The van der Waals surface area contributed by atoms with Crippen molar-refractivity contribution in [3.8, 4) is 11.5 Å². The Kier molecular flexibility index (Phi) is 4.42. The van der Waals surface area contributed by atoms with Gasteiger partial charge in [0.25, 0.3) is 0 Å². The molecule has 0 bridgehead atoms. The van der Waals surface area contributed by atoms with E-state index in [4.69, 9.17) is 15.2 Å². The molecule has 1 aromatic carbocycles. The number of rotatable bonds is 4. The first kappa shape index (κ1) is 17.2. The maximum absolute atomic E-state index is 5.97. The van der Waals surface area contributed by atoms with Crippen molar-refractivity contribution in [3.05, 3.63) is 53.9 Å². The first-order valence-electron chi connectivity index (χ1n) is 9.75. The zero-order chi connectivity index (χ0) is 18.4. The molecule has 1 aromatic heterocycles. The van der Waals surface area contributed by atoms with Crippen LogP contribution in [0.3, 0.4) is 0 Å². The van der Waals surface area contributed by atoms with E-state index < -0.39 is 0 Å². The number of benzene rings is 1. The third kappa shape index (κ3) is 2.96. The van der Waals surface area contributed by atoms with Crippen LogP contribution in [0, 0.1) is 5.92 Å². The number of ether oxygens (including phenoxy) is 2. The normalized spacial score (nSPS) is 31.3. The summed E-state index contributed by atoms with van der Waals surface area (Å²) in [4.78, 5) is 0. The van der Waals surface area contributed by atoms with Crippen molar-refractivity contribution in [3.63, 3.8) is 0 Å². The fourth-order valence-corrected chi connectivity index (χ4v) is 6.37. The highest BCUT2D eigenvalue weighted by Crippen LogP contribution is 2.37. The van der Waals surface area contributed by atoms with E-state index in [1.54, 1.807) is 4.31 Å². The molecule has 0 radical (unpaired) electrons. The summed E-state index contributed by atoms with van der Waals surface area (Å²) < 4.78 is 14.9. The summed E-state index contributed by atoms with van der Waals surface area (Å²) in [7, 11) is 0. The van der Waals surface area contributed by atoms with E-state index in [9.17, 15) is 0 Å². The van der Waals surface area contributed by atoms with Gasteiger partial charge in [0.15, 0.2) is 11.5 Å². The molecule has 5 rings (SSSR count). The molecule has 1 saturated heterocycles. The molecule has 3 N–H and O–H groups in total. The number of fused-ring (bicyclic) bond motifs is 3. The second-order valence-electron chi connectivity index (χ2n) is 7.75. The molecular formula is C21H26N3O2S+. The van der Waals surface area contributed by atoms with Crippen molar-refractivity contribution < 1.29 is 13.8 Å². The Morgan fingerprint density at radius 1 is 1.30 bits per heavy atom. The molecule has 4 heterocycles. The van der Waals surface area contributed by atoms with E-state index in [0.717, 1.165) is 30.0 Å². The minimum absolute atomic E-state index is 0.320. The topological polar surface area (TPSA) is 53.9 Å². The lowest BCUT2D eigenvalue weighted by Gasteiger charge is -2.36. The fourth-order valence-electron chi connectivity index (χ4n) is 4.89. The van der Waals surface area contributed by atoms with E-state index in [1.807, 2.05) is 18.2 Å². The SMILES string of the molecule is CC1CC(/C=C/c2ccc3c(c2)OCO3)[NH+]2Sn3cccc3C(CCN)C12. The van der Waals surface area contributed by atoms with Crippen molar-refractivity contribution in [2.75, 3.05) is 13.3 Å². The largest absolute Gasteiger partial charge is 0.454 e. The van der Waals surface area contributed by atoms with Gasteiger partial charge in [-0.2, -0.15) is 0 Å². The monoisotopic (exact) mass is 384 g/mol. The molecule has 5 nitrogen and oxygen atoms in total. The minimum atomic E-state index is 0.320. The lowest BCUT2D eigenvalue weighted by atomic mass is 9.86. The number of hydrogen-bond donors (Lipinski definition) is 2. The van der Waals surface area contributed by atoms with E-state index in [-0.39, 0.29) is 0 Å². The van der Waals surface area contributed by atoms with E-state index in [0.29, 0.717) is 30.7 Å². The van der Waals surface area contributed by atoms with Crippen LogP contribution in [0.15, 0.2) is 42.6 Å². The van der Waals surface area contributed by atoms with Crippen LogP contribution in [-0.2, 0) is 0 Å². The molecule has 3 aliphatic rings. The maximum Gasteiger partial charge on any atom is 0.231 e. The third-order valence-electron chi connectivity index (χ3n) is 6.09. The summed E-state index contributed by atoms with van der Waals surface area (Å²) in [6, 6.07) is 11.7. The summed E-state index contributed by atoms with van der Waals surface area (Å²) in [6.45, 7) is 3.47. The van der Waals surface area contributed by atoms with Gasteiger partial charge >= 0.3 is 0 Å². The van der Waals surface area contributed by atoms with Gasteiger partial charge in [-0.25, -0.2) is 8.28 Å². The average molecular weight is 385 g/mol. The summed E-state index contributed by atoms with van der Waals surface area (Å²) in [5, 5.41) is 0. The Labute approximate surface area is 164 Å². The second kappa shape index (κ2) is 6.93. The molecule has 5 unspecified atom stereocenters. The van der Waals surface area contributed by atoms with E-state index in [2.05, 4.69) is 53.5 Å². The minimum Gasteiger partial charge on any atom is -0.454 e. The van der Waals surface area contributed by atoms with Crippen LogP contribution < -0.4 is 19.5 Å². The van der Waals surface area contributed by atoms with Crippen molar-refractivity contribution in [2.45, 2.75) is 37.8 Å². The van der Waals surface area contributed by atoms with Gasteiger partial charge in [-0.15, -0.1) is 0 Å². The first-order valence-corrected chi connectivity index (χ1v) is 10.5. The number of nitrogens with one attached hydrogen (secondary N) is 1. The quantitative estimate of drug-likeness (QED) is 0.795. The number of nitrogens with two attached hydrogens (primary N) is 1. The predicted octanol–water partition coefficient (Wildman–Crippen LogP) is 2.45. The molecular weight excluding hydrogens is 358 g/mol. The Hall–Kier alpha value is -1.89. The van der Waals surface area contributed by atoms with Gasteiger partial charge in [-0.1, -0.05) is 19.1 Å². The molecule has 3 aliphatic heterocycles. The average Bonchev–Trinajstić information content (AvgIpc) is 3.38. The van der Waals surface area contributed by atoms with Crippen LogP contribution in [0.25, 0.3) is 6.08 Å². The zero-order valence-corrected chi connectivity index (χ0v) is 16.3. The van der Waals surface area contributed by atoms with Gasteiger partial charge in [0.1, 0.15) is 12.1 Å². The van der Waals surface area contributed by atoms with Crippen LogP contribution >= 0.6 is 12.1 Å². The third-order valence-corrected chi connectivity index (χ3v) is 7.40. The Morgan fingerprint density at radius 2 is 2.19 bits per heavy atom. The highest BCUT2D eigenvalue weighted by Gasteiger charge is 2.51. The highest BCUT2D eigenvalue weighted by atomic mass is 32.2. The Bertz CT molecular complexity index is 865. The van der Waals surface area contributed by atoms with Crippen molar-refractivity contribution in [2.24, 2.45) is 11.7 Å². The van der Waals surface area contributed by atoms with Crippen LogP contribution in [-0.4, -0.2) is 29.4 Å². The standard InChI is InChI=1S/C21H25N3O2S/c1-14-11-16(6-4-15-5-7-19-20(12-15)26-13-25-19)24-21(14)17(8-9-22)18-3-2-10-23(18)27-24/h2-7,10,12,14,16-17,21H,8-9,11,13,22H2,1H3/p+1/b6-4+. The van der Waals surface area contributed by atoms with Gasteiger partial charge in [-0.05, 0) is 48.9 Å². The Morgan fingerprint density at radius 3 is 3.07 bits per heavy atom. The molecule has 27 heavy (non-hydrogen) atoms. The molecule has 6 heteroatoms. The molecule has 1 fully saturated rings. The maximum atomic E-state index is 5.97. The highest BCUT2D eigenvalue weighted by molar-refractivity contribution is 7.91. The van der Waals surface area contributed by atoms with Crippen LogP contribution in [0.1, 0.15) is 36.9 Å². The van der Waals surface area contributed by atoms with E-state index in [1.165, 1.54) is 12.1 Å². The molecule has 5 atom stereocenters. The van der Waals surface area contributed by atoms with Gasteiger partial charge in [0, 0.05) is 24.2 Å². The lowest BCUT2D eigenvalue weighted by Crippen LogP contribution is -3.12. The van der Waals surface area contributed by atoms with Crippen LogP contribution in [0.4, 0.5) is 0 Å². The first-order chi connectivity index (χ1) is 13.2. The number of nitrogens with zero attached hydrogens (tertiary/aromatic N) is 1. The second-order valence-corrected chi connectivity index (χ2v) is 8.80. The van der Waals surface area contributed by atoms with Crippen molar-refractivity contribution in [1.82, 2.24) is 3.97 Å². The van der Waals surface area contributed by atoms with E-state index >= 15 is 0 Å². The molecule has 2 aromatic rings. The van der Waals surface area contributed by atoms with Crippen LogP contribution in [0.5, 0.6) is 11.5 Å².